The van der Waals surface area contributed by atoms with Crippen molar-refractivity contribution in [2.24, 2.45) is 0 Å². The number of hydrogen-bond donors (Lipinski definition) is 1. The number of ketones is 1. The van der Waals surface area contributed by atoms with Gasteiger partial charge in [0.1, 0.15) is 22.9 Å². The first-order valence-corrected chi connectivity index (χ1v) is 12.2. The third kappa shape index (κ3) is 3.57. The molecule has 1 aromatic carbocycles. The van der Waals surface area contributed by atoms with Crippen LogP contribution in [0.3, 0.4) is 0 Å². The average molecular weight is 479 g/mol. The normalized spacial score (nSPS) is 20.7. The van der Waals surface area contributed by atoms with Crippen molar-refractivity contribution >= 4 is 23.0 Å². The van der Waals surface area contributed by atoms with E-state index in [2.05, 4.69) is 16.5 Å². The Morgan fingerprint density at radius 1 is 1.08 bits per heavy atom. The van der Waals surface area contributed by atoms with Gasteiger partial charge in [0.05, 0.1) is 6.42 Å². The first-order chi connectivity index (χ1) is 17.5. The summed E-state index contributed by atoms with van der Waals surface area (Å²) in [5.74, 6) is 1.38. The Morgan fingerprint density at radius 2 is 1.92 bits per heavy atom. The number of nitrogens with zero attached hydrogens (tertiary/aromatic N) is 5. The van der Waals surface area contributed by atoms with Crippen LogP contribution in [0.2, 0.25) is 0 Å². The fourth-order valence-electron chi connectivity index (χ4n) is 5.85. The molecule has 0 saturated carbocycles. The molecule has 2 saturated heterocycles. The highest BCUT2D eigenvalue weighted by Crippen LogP contribution is 2.47. The molecule has 36 heavy (non-hydrogen) atoms. The van der Waals surface area contributed by atoms with E-state index < -0.39 is 0 Å². The maximum Gasteiger partial charge on any atom is 0.246 e. The van der Waals surface area contributed by atoms with Crippen molar-refractivity contribution in [1.82, 2.24) is 24.3 Å². The lowest BCUT2D eigenvalue weighted by atomic mass is 9.88. The molecule has 2 N–H and O–H groups in total. The molecule has 2 bridgehead atoms. The molecule has 8 heteroatoms. The van der Waals surface area contributed by atoms with E-state index in [0.29, 0.717) is 11.4 Å². The fourth-order valence-corrected chi connectivity index (χ4v) is 5.85. The summed E-state index contributed by atoms with van der Waals surface area (Å²) in [7, 11) is 0. The second-order valence-corrected chi connectivity index (χ2v) is 9.44. The summed E-state index contributed by atoms with van der Waals surface area (Å²) in [6.45, 7) is 3.68. The molecule has 4 aromatic rings. The van der Waals surface area contributed by atoms with Crippen LogP contribution < -0.4 is 5.73 Å². The van der Waals surface area contributed by atoms with Crippen LogP contribution in [0.25, 0.3) is 16.8 Å². The van der Waals surface area contributed by atoms with Gasteiger partial charge in [0.25, 0.3) is 0 Å². The zero-order chi connectivity index (χ0) is 24.8. The summed E-state index contributed by atoms with van der Waals surface area (Å²) < 4.78 is 2.01. The number of aromatic nitrogens is 4. The fraction of sp³-hybridized carbons (Fsp3) is 0.250. The van der Waals surface area contributed by atoms with Crippen LogP contribution in [-0.4, -0.2) is 48.0 Å². The molecular weight excluding hydrogens is 452 g/mol. The Labute approximate surface area is 208 Å². The van der Waals surface area contributed by atoms with Gasteiger partial charge in [-0.2, -0.15) is 0 Å². The maximum absolute atomic E-state index is 12.8. The van der Waals surface area contributed by atoms with Gasteiger partial charge in [-0.15, -0.1) is 0 Å². The number of carbonyl (C=O) groups is 2. The van der Waals surface area contributed by atoms with Crippen LogP contribution in [0.15, 0.2) is 73.7 Å². The molecule has 3 unspecified atom stereocenters. The van der Waals surface area contributed by atoms with E-state index in [1.165, 1.54) is 6.08 Å². The molecular formula is C28H26N6O2. The van der Waals surface area contributed by atoms with E-state index in [0.717, 1.165) is 47.6 Å². The van der Waals surface area contributed by atoms with Gasteiger partial charge in [-0.05, 0) is 37.5 Å². The number of amides is 1. The van der Waals surface area contributed by atoms with Gasteiger partial charge < -0.3 is 10.6 Å². The van der Waals surface area contributed by atoms with Gasteiger partial charge in [-0.1, -0.05) is 36.9 Å². The number of imidazole rings is 1. The van der Waals surface area contributed by atoms with E-state index >= 15 is 0 Å². The van der Waals surface area contributed by atoms with Crippen LogP contribution in [0.5, 0.6) is 0 Å². The van der Waals surface area contributed by atoms with E-state index in [1.807, 2.05) is 58.0 Å². The predicted molar refractivity (Wildman–Crippen MR) is 136 cm³/mol. The molecule has 6 rings (SSSR count). The summed E-state index contributed by atoms with van der Waals surface area (Å²) in [6.07, 6.45) is 9.73. The monoisotopic (exact) mass is 478 g/mol. The molecule has 180 valence electrons. The van der Waals surface area contributed by atoms with Gasteiger partial charge in [0.2, 0.25) is 5.91 Å². The van der Waals surface area contributed by atoms with Crippen molar-refractivity contribution in [3.8, 4) is 11.3 Å². The number of pyridine rings is 1. The first kappa shape index (κ1) is 22.2. The minimum atomic E-state index is -0.0155. The zero-order valence-electron chi connectivity index (χ0n) is 19.7. The lowest BCUT2D eigenvalue weighted by Gasteiger charge is -2.22. The van der Waals surface area contributed by atoms with Crippen LogP contribution >= 0.6 is 0 Å². The minimum absolute atomic E-state index is 0.00535. The molecule has 8 nitrogen and oxygen atoms in total. The average Bonchev–Trinajstić information content (AvgIpc) is 3.60. The third-order valence-electron chi connectivity index (χ3n) is 7.46. The smallest absolute Gasteiger partial charge is 0.246 e. The van der Waals surface area contributed by atoms with Gasteiger partial charge in [0.15, 0.2) is 5.78 Å². The number of benzene rings is 1. The topological polar surface area (TPSA) is 106 Å². The Balaban J connectivity index is 1.35. The molecule has 0 spiro atoms. The van der Waals surface area contributed by atoms with E-state index in [1.54, 1.807) is 12.4 Å². The van der Waals surface area contributed by atoms with Crippen LogP contribution in [-0.2, 0) is 11.2 Å². The number of anilines is 1. The number of carbonyl (C=O) groups excluding carboxylic acids is 2. The van der Waals surface area contributed by atoms with Crippen LogP contribution in [0, 0.1) is 0 Å². The predicted octanol–water partition coefficient (Wildman–Crippen LogP) is 3.83. The van der Waals surface area contributed by atoms with Crippen molar-refractivity contribution in [2.75, 3.05) is 5.73 Å². The number of rotatable bonds is 6. The summed E-state index contributed by atoms with van der Waals surface area (Å²) in [6, 6.07) is 13.3. The molecule has 1 amide bonds. The number of nitrogen functional groups attached to an aromatic ring is 1. The van der Waals surface area contributed by atoms with Crippen molar-refractivity contribution in [2.45, 2.75) is 43.7 Å². The molecule has 5 heterocycles. The number of nitrogens with two attached hydrogens (primary N) is 1. The van der Waals surface area contributed by atoms with Crippen LogP contribution in [0.4, 0.5) is 5.82 Å². The Kier molecular flexibility index (Phi) is 5.36. The quantitative estimate of drug-likeness (QED) is 0.333. The highest BCUT2D eigenvalue weighted by atomic mass is 16.2. The molecule has 3 atom stereocenters. The number of fused-ring (bicyclic) bond motifs is 3. The van der Waals surface area contributed by atoms with Crippen molar-refractivity contribution in [3.63, 3.8) is 0 Å². The van der Waals surface area contributed by atoms with Gasteiger partial charge in [-0.25, -0.2) is 9.97 Å². The van der Waals surface area contributed by atoms with Crippen molar-refractivity contribution < 1.29 is 9.59 Å². The Morgan fingerprint density at radius 3 is 2.67 bits per heavy atom. The lowest BCUT2D eigenvalue weighted by molar-refractivity contribution is -0.127. The van der Waals surface area contributed by atoms with Crippen molar-refractivity contribution in [1.29, 1.82) is 0 Å². The minimum Gasteiger partial charge on any atom is -0.382 e. The largest absolute Gasteiger partial charge is 0.382 e. The second kappa shape index (κ2) is 8.71. The number of Topliss-reactive ketones (excluding diaryl/α,β-unsaturated/α-hetero) is 1. The van der Waals surface area contributed by atoms with E-state index in [9.17, 15) is 9.59 Å². The number of hydrogen-bond acceptors (Lipinski definition) is 6. The molecule has 3 aromatic heterocycles. The van der Waals surface area contributed by atoms with E-state index in [-0.39, 0.29) is 36.1 Å². The highest BCUT2D eigenvalue weighted by molar-refractivity contribution is 5.98. The summed E-state index contributed by atoms with van der Waals surface area (Å²) >= 11 is 0. The summed E-state index contributed by atoms with van der Waals surface area (Å²) in [4.78, 5) is 40.9. The second-order valence-electron chi connectivity index (χ2n) is 9.44. The zero-order valence-corrected chi connectivity index (χ0v) is 19.7. The summed E-state index contributed by atoms with van der Waals surface area (Å²) in [5, 5.41) is 0. The Hall–Kier alpha value is -4.33. The Bertz CT molecular complexity index is 1480. The maximum atomic E-state index is 12.8. The molecule has 2 aliphatic heterocycles. The first-order valence-electron chi connectivity index (χ1n) is 12.2. The molecule has 0 aliphatic carbocycles. The van der Waals surface area contributed by atoms with Gasteiger partial charge in [0, 0.05) is 53.4 Å². The van der Waals surface area contributed by atoms with Crippen LogP contribution in [0.1, 0.15) is 47.1 Å². The van der Waals surface area contributed by atoms with E-state index in [4.69, 9.17) is 10.7 Å². The lowest BCUT2D eigenvalue weighted by Crippen LogP contribution is -2.35. The standard InChI is InChI=1S/C28H26N6O2/c1-2-24(36)34-20-10-11-22(34)21(16-20)28-32-25(26-27(29)31-13-14-33(26)28)18-8-6-17(7-9-18)23(35)15-19-5-3-4-12-30-19/h2-9,12-14,20-22H,1,10-11,15-16H2,(H2,29,31). The molecule has 0 radical (unpaired) electrons. The highest BCUT2D eigenvalue weighted by Gasteiger charge is 2.49. The summed E-state index contributed by atoms with van der Waals surface area (Å²) in [5.41, 5.74) is 10.0. The van der Waals surface area contributed by atoms with Gasteiger partial charge >= 0.3 is 0 Å². The van der Waals surface area contributed by atoms with Crippen molar-refractivity contribution in [3.05, 3.63) is 90.8 Å². The van der Waals surface area contributed by atoms with Gasteiger partial charge in [-0.3, -0.25) is 19.0 Å². The SMILES string of the molecule is C=CC(=O)N1C2CCC1C(c1nc(-c3ccc(C(=O)Cc4ccccn4)cc3)c3c(N)nccn13)C2. The molecule has 2 aliphatic rings. The third-order valence-corrected chi connectivity index (χ3v) is 7.46. The molecule has 2 fully saturated rings.